The number of hydrogen-bond acceptors (Lipinski definition) is 7. The smallest absolute Gasteiger partial charge is 0.285 e. The average molecular weight is 560 g/mol. The van der Waals surface area contributed by atoms with Gasteiger partial charge in [-0.05, 0) is 68.5 Å². The van der Waals surface area contributed by atoms with Gasteiger partial charge in [0.05, 0.1) is 16.6 Å². The number of para-hydroxylation sites is 3. The summed E-state index contributed by atoms with van der Waals surface area (Å²) in [5.74, 6) is -1.38. The molecule has 7 aromatic rings. The molecule has 0 amide bonds. The Morgan fingerprint density at radius 3 is 1.37 bits per heavy atom. The average Bonchev–Trinajstić information content (AvgIpc) is 3.71. The predicted molar refractivity (Wildman–Crippen MR) is 160 cm³/mol. The van der Waals surface area contributed by atoms with Crippen LogP contribution in [0.2, 0.25) is 19.6 Å². The van der Waals surface area contributed by atoms with Crippen molar-refractivity contribution < 1.29 is 4.43 Å². The fourth-order valence-corrected chi connectivity index (χ4v) is 6.41. The highest BCUT2D eigenvalue weighted by molar-refractivity contribution is 6.69. The fraction of sp³-hybridized carbons (Fsp3) is 0.200. The zero-order valence-electron chi connectivity index (χ0n) is 23.2. The molecule has 0 spiro atoms. The molecule has 0 bridgehead atoms. The van der Waals surface area contributed by atoms with Crippen LogP contribution >= 0.6 is 0 Å². The molecular weight excluding hydrogens is 530 g/mol. The molecule has 11 heteroatoms. The first-order valence-electron chi connectivity index (χ1n) is 13.5. The fourth-order valence-electron chi connectivity index (χ4n) is 5.40. The van der Waals surface area contributed by atoms with Crippen molar-refractivity contribution in [3.63, 3.8) is 0 Å². The second-order valence-corrected chi connectivity index (χ2v) is 15.6. The van der Waals surface area contributed by atoms with E-state index in [4.69, 9.17) is 20.1 Å². The molecule has 0 saturated carbocycles. The van der Waals surface area contributed by atoms with Crippen molar-refractivity contribution in [3.8, 4) is 0 Å². The Morgan fingerprint density at radius 2 is 0.976 bits per heavy atom. The number of hydrogen-bond donors (Lipinski definition) is 0. The first kappa shape index (κ1) is 25.2. The first-order valence-corrected chi connectivity index (χ1v) is 16.9. The van der Waals surface area contributed by atoms with Crippen molar-refractivity contribution in [1.29, 1.82) is 0 Å². The molecule has 41 heavy (non-hydrogen) atoms. The topological polar surface area (TPSA) is 101 Å². The molecule has 0 aliphatic rings. The van der Waals surface area contributed by atoms with Crippen LogP contribution < -0.4 is 0 Å². The van der Waals surface area contributed by atoms with Gasteiger partial charge in [0.25, 0.3) is 5.79 Å². The molecule has 3 heterocycles. The molecule has 0 aliphatic heterocycles. The molecule has 10 nitrogen and oxygen atoms in total. The molecule has 3 aromatic heterocycles. The van der Waals surface area contributed by atoms with Crippen molar-refractivity contribution in [2.75, 3.05) is 0 Å². The molecule has 1 unspecified atom stereocenters. The van der Waals surface area contributed by atoms with E-state index in [0.717, 1.165) is 44.2 Å². The van der Waals surface area contributed by atoms with Gasteiger partial charge >= 0.3 is 0 Å². The lowest BCUT2D eigenvalue weighted by Gasteiger charge is -2.43. The van der Waals surface area contributed by atoms with Crippen molar-refractivity contribution >= 4 is 41.4 Å². The number of fused-ring (bicyclic) bond motifs is 3. The van der Waals surface area contributed by atoms with Crippen LogP contribution in [0.1, 0.15) is 17.2 Å². The highest BCUT2D eigenvalue weighted by atomic mass is 28.4. The van der Waals surface area contributed by atoms with Gasteiger partial charge in [-0.3, -0.25) is 0 Å². The summed E-state index contributed by atoms with van der Waals surface area (Å²) in [6, 6.07) is 32.0. The monoisotopic (exact) mass is 559 g/mol. The van der Waals surface area contributed by atoms with Crippen LogP contribution in [0, 0.1) is 6.92 Å². The largest absolute Gasteiger partial charge is 0.404 e. The summed E-state index contributed by atoms with van der Waals surface area (Å²) in [5.41, 5.74) is 6.68. The number of rotatable bonds is 7. The Kier molecular flexibility index (Phi) is 5.80. The van der Waals surface area contributed by atoms with Crippen molar-refractivity contribution in [1.82, 2.24) is 45.0 Å². The summed E-state index contributed by atoms with van der Waals surface area (Å²) in [6.45, 7) is 8.61. The Balaban J connectivity index is 1.71. The summed E-state index contributed by atoms with van der Waals surface area (Å²) in [7, 11) is -2.25. The van der Waals surface area contributed by atoms with E-state index in [2.05, 4.69) is 66.1 Å². The molecule has 4 aromatic carbocycles. The van der Waals surface area contributed by atoms with E-state index >= 15 is 0 Å². The summed E-state index contributed by atoms with van der Waals surface area (Å²) in [5, 5.41) is 28.2. The Labute approximate surface area is 237 Å². The van der Waals surface area contributed by atoms with Crippen LogP contribution in [0.5, 0.6) is 0 Å². The van der Waals surface area contributed by atoms with Gasteiger partial charge in [-0.25, -0.2) is 0 Å². The van der Waals surface area contributed by atoms with Crippen LogP contribution in [0.15, 0.2) is 97.1 Å². The molecule has 0 aliphatic carbocycles. The van der Waals surface area contributed by atoms with Gasteiger partial charge < -0.3 is 4.43 Å². The van der Waals surface area contributed by atoms with Crippen LogP contribution in [0.25, 0.3) is 33.1 Å². The maximum atomic E-state index is 7.22. The zero-order chi connectivity index (χ0) is 28.2. The SMILES string of the molecule is Cc1ccc(C(O[Si](C)(C)C)C(n2nnc3ccccc32)(n2nnc3ccccc32)n2nnc3ccccc32)cc1. The van der Waals surface area contributed by atoms with E-state index in [0.29, 0.717) is 0 Å². The second kappa shape index (κ2) is 9.42. The third-order valence-corrected chi connectivity index (χ3v) is 8.14. The Hall–Kier alpha value is -4.74. The first-order chi connectivity index (χ1) is 19.9. The molecule has 1 atom stereocenters. The van der Waals surface area contributed by atoms with Gasteiger partial charge in [-0.2, -0.15) is 14.0 Å². The molecule has 0 radical (unpaired) electrons. The van der Waals surface area contributed by atoms with Crippen LogP contribution in [0.4, 0.5) is 0 Å². The van der Waals surface area contributed by atoms with E-state index in [1.165, 1.54) is 0 Å². The van der Waals surface area contributed by atoms with Gasteiger partial charge in [-0.1, -0.05) is 81.9 Å². The van der Waals surface area contributed by atoms with Gasteiger partial charge in [0.1, 0.15) is 22.7 Å². The third-order valence-electron chi connectivity index (χ3n) is 7.19. The summed E-state index contributed by atoms with van der Waals surface area (Å²) in [4.78, 5) is 0. The quantitative estimate of drug-likeness (QED) is 0.237. The second-order valence-electron chi connectivity index (χ2n) is 11.2. The summed E-state index contributed by atoms with van der Waals surface area (Å²) < 4.78 is 12.8. The highest BCUT2D eigenvalue weighted by Gasteiger charge is 2.53. The molecular formula is C30H29N9OSi. The number of benzene rings is 4. The Morgan fingerprint density at radius 1 is 0.585 bits per heavy atom. The molecule has 0 saturated heterocycles. The van der Waals surface area contributed by atoms with Crippen molar-refractivity contribution in [3.05, 3.63) is 108 Å². The summed E-state index contributed by atoms with van der Waals surface area (Å²) in [6.07, 6.45) is -0.657. The van der Waals surface area contributed by atoms with Crippen molar-refractivity contribution in [2.24, 2.45) is 0 Å². The lowest BCUT2D eigenvalue weighted by molar-refractivity contribution is -0.0231. The number of nitrogens with zero attached hydrogens (tertiary/aromatic N) is 9. The maximum absolute atomic E-state index is 7.22. The van der Waals surface area contributed by atoms with Gasteiger partial charge in [0.2, 0.25) is 0 Å². The van der Waals surface area contributed by atoms with E-state index in [1.807, 2.05) is 86.8 Å². The molecule has 0 fully saturated rings. The van der Waals surface area contributed by atoms with E-state index in [9.17, 15) is 0 Å². The maximum Gasteiger partial charge on any atom is 0.285 e. The normalized spacial score (nSPS) is 13.4. The van der Waals surface area contributed by atoms with E-state index in [1.54, 1.807) is 0 Å². The highest BCUT2D eigenvalue weighted by Crippen LogP contribution is 2.43. The lowest BCUT2D eigenvalue weighted by Crippen LogP contribution is -2.56. The number of aromatic nitrogens is 9. The minimum Gasteiger partial charge on any atom is -0.404 e. The van der Waals surface area contributed by atoms with Gasteiger partial charge in [0, 0.05) is 0 Å². The molecule has 0 N–H and O–H groups in total. The minimum absolute atomic E-state index is 0.657. The van der Waals surface area contributed by atoms with Crippen LogP contribution in [0.3, 0.4) is 0 Å². The zero-order valence-corrected chi connectivity index (χ0v) is 24.2. The lowest BCUT2D eigenvalue weighted by atomic mass is 10.00. The predicted octanol–water partition coefficient (Wildman–Crippen LogP) is 5.53. The van der Waals surface area contributed by atoms with Gasteiger partial charge in [-0.15, -0.1) is 15.3 Å². The summed E-state index contributed by atoms with van der Waals surface area (Å²) >= 11 is 0. The van der Waals surface area contributed by atoms with E-state index in [-0.39, 0.29) is 0 Å². The van der Waals surface area contributed by atoms with Crippen molar-refractivity contribution in [2.45, 2.75) is 38.5 Å². The van der Waals surface area contributed by atoms with Gasteiger partial charge in [0.15, 0.2) is 8.32 Å². The standard InChI is InChI=1S/C30H29N9OSi/c1-21-17-19-22(20-18-21)29(40-41(2,3)4)30(37-26-14-8-5-11-23(26)31-34-37,38-27-15-9-6-12-24(27)32-35-38)39-28-16-10-7-13-25(28)33-36-39/h5-20,29H,1-4H3. The molecule has 7 rings (SSSR count). The minimum atomic E-state index is -2.25. The van der Waals surface area contributed by atoms with E-state index < -0.39 is 20.2 Å². The van der Waals surface area contributed by atoms with Crippen LogP contribution in [-0.4, -0.2) is 53.3 Å². The molecule has 204 valence electrons. The Bertz CT molecular complexity index is 1820. The third kappa shape index (κ3) is 4.04. The van der Waals surface area contributed by atoms with Crippen LogP contribution in [-0.2, 0) is 10.2 Å². The number of aryl methyl sites for hydroxylation is 1.